The summed E-state index contributed by atoms with van der Waals surface area (Å²) in [6.45, 7) is 0.126. The molecule has 3 aromatic carbocycles. The molecule has 0 fully saturated rings. The van der Waals surface area contributed by atoms with E-state index in [0.717, 1.165) is 11.1 Å². The number of alkyl halides is 3. The van der Waals surface area contributed by atoms with Crippen molar-refractivity contribution >= 4 is 23.6 Å². The van der Waals surface area contributed by atoms with E-state index in [1.54, 1.807) is 31.4 Å². The van der Waals surface area contributed by atoms with Crippen LogP contribution in [0.1, 0.15) is 23.1 Å². The minimum absolute atomic E-state index is 0.0442. The van der Waals surface area contributed by atoms with Crippen molar-refractivity contribution < 1.29 is 52.0 Å². The van der Waals surface area contributed by atoms with Gasteiger partial charge in [0, 0.05) is 12.8 Å². The lowest BCUT2D eigenvalue weighted by Crippen LogP contribution is -2.40. The number of carbonyl (C=O) groups excluding carboxylic acids is 2. The number of aliphatic imine (C=N–C) groups is 1. The Bertz CT molecular complexity index is 1470. The van der Waals surface area contributed by atoms with Crippen molar-refractivity contribution in [3.63, 3.8) is 0 Å². The maximum atomic E-state index is 13.3. The first-order valence-corrected chi connectivity index (χ1v) is 13.9. The van der Waals surface area contributed by atoms with E-state index in [2.05, 4.69) is 10.3 Å². The van der Waals surface area contributed by atoms with Crippen molar-refractivity contribution in [3.05, 3.63) is 89.5 Å². The molecule has 0 spiro atoms. The Morgan fingerprint density at radius 3 is 2.17 bits per heavy atom. The summed E-state index contributed by atoms with van der Waals surface area (Å²) in [6.07, 6.45) is -3.97. The van der Waals surface area contributed by atoms with Gasteiger partial charge in [0.2, 0.25) is 5.91 Å². The van der Waals surface area contributed by atoms with Gasteiger partial charge in [-0.25, -0.2) is 9.79 Å². The molecule has 0 bridgehead atoms. The summed E-state index contributed by atoms with van der Waals surface area (Å²) in [6, 6.07) is 21.4. The first-order chi connectivity index (χ1) is 21.9. The van der Waals surface area contributed by atoms with Crippen molar-refractivity contribution in [1.29, 1.82) is 0 Å². The number of nitrogens with one attached hydrogen (secondary N) is 1. The van der Waals surface area contributed by atoms with E-state index in [1.165, 1.54) is 7.11 Å². The number of aliphatic hydroxyl groups is 1. The number of hydrogen-bond donors (Lipinski definition) is 4. The summed E-state index contributed by atoms with van der Waals surface area (Å²) in [4.78, 5) is 39.2. The van der Waals surface area contributed by atoms with Crippen molar-refractivity contribution in [2.45, 2.75) is 37.9 Å². The number of aryl methyl sites for hydroxylation is 1. The Hall–Kier alpha value is -5.11. The highest BCUT2D eigenvalue weighted by Crippen LogP contribution is 2.27. The van der Waals surface area contributed by atoms with Crippen LogP contribution in [0.25, 0.3) is 0 Å². The zero-order valence-electron chi connectivity index (χ0n) is 25.3. The molecule has 1 amide bonds. The lowest BCUT2D eigenvalue weighted by atomic mass is 9.98. The van der Waals surface area contributed by atoms with Crippen LogP contribution in [0.15, 0.2) is 77.8 Å². The molecule has 0 aliphatic heterocycles. The van der Waals surface area contributed by atoms with Crippen molar-refractivity contribution in [2.75, 3.05) is 27.4 Å². The average Bonchev–Trinajstić information content (AvgIpc) is 3.02. The highest BCUT2D eigenvalue weighted by Gasteiger charge is 2.38. The molecule has 1 atom stereocenters. The second kappa shape index (κ2) is 18.6. The minimum atomic E-state index is -5.08. The van der Waals surface area contributed by atoms with Gasteiger partial charge in [0.15, 0.2) is 23.2 Å². The van der Waals surface area contributed by atoms with Gasteiger partial charge in [-0.1, -0.05) is 48.5 Å². The SMILES string of the molecule is COc1ccc(CC(=O)NC(N)=N[C@H](Cc2ccccc2)C(=O)CCc2cccc(OCCO)c2)cc1OC.O=C(O)C(F)(F)F. The first kappa shape index (κ1) is 37.1. The van der Waals surface area contributed by atoms with E-state index in [-0.39, 0.29) is 43.7 Å². The fourth-order valence-electron chi connectivity index (χ4n) is 4.02. The number of Topliss-reactive ketones (excluding diaryl/α,β-unsaturated/α-hetero) is 1. The third-order valence-corrected chi connectivity index (χ3v) is 6.18. The molecule has 248 valence electrons. The number of ether oxygens (including phenoxy) is 3. The molecule has 0 aromatic heterocycles. The molecule has 0 aliphatic rings. The van der Waals surface area contributed by atoms with E-state index in [1.807, 2.05) is 48.5 Å². The number of carbonyl (C=O) groups is 3. The smallest absolute Gasteiger partial charge is 0.490 e. The topological polar surface area (TPSA) is 170 Å². The number of ketones is 1. The molecule has 0 saturated carbocycles. The van der Waals surface area contributed by atoms with Gasteiger partial charge in [-0.15, -0.1) is 0 Å². The standard InChI is InChI=1S/C30H35N3O6.C2HF3O2/c1-37-27-14-12-23(19-28(27)38-2)20-29(36)33-30(31)32-25(18-21-7-4-3-5-8-21)26(35)13-11-22-9-6-10-24(17-22)39-16-15-34;3-2(4,5)1(6)7/h3-10,12,14,17,19,25,34H,11,13,15-16,18,20H2,1-2H3,(H3,31,32,33,36);(H,6,7)/t25-;/m1./s1. The Labute approximate surface area is 263 Å². The predicted octanol–water partition coefficient (Wildman–Crippen LogP) is 3.49. The largest absolute Gasteiger partial charge is 0.493 e. The molecule has 46 heavy (non-hydrogen) atoms. The average molecular weight is 648 g/mol. The summed E-state index contributed by atoms with van der Waals surface area (Å²) < 4.78 is 47.7. The van der Waals surface area contributed by atoms with Crippen LogP contribution in [-0.4, -0.2) is 73.5 Å². The number of nitrogens with zero attached hydrogens (tertiary/aromatic N) is 1. The van der Waals surface area contributed by atoms with Crippen LogP contribution in [0.2, 0.25) is 0 Å². The van der Waals surface area contributed by atoms with E-state index >= 15 is 0 Å². The highest BCUT2D eigenvalue weighted by molar-refractivity contribution is 5.98. The Morgan fingerprint density at radius 1 is 0.913 bits per heavy atom. The molecule has 11 nitrogen and oxygen atoms in total. The number of aliphatic carboxylic acids is 1. The third-order valence-electron chi connectivity index (χ3n) is 6.18. The van der Waals surface area contributed by atoms with Gasteiger partial charge in [-0.2, -0.15) is 13.2 Å². The lowest BCUT2D eigenvalue weighted by molar-refractivity contribution is -0.192. The quantitative estimate of drug-likeness (QED) is 0.151. The minimum Gasteiger partial charge on any atom is -0.493 e. The van der Waals surface area contributed by atoms with Gasteiger partial charge < -0.3 is 30.2 Å². The molecular formula is C32H36F3N3O8. The number of carboxylic acids is 1. The zero-order valence-corrected chi connectivity index (χ0v) is 25.3. The molecule has 0 radical (unpaired) electrons. The van der Waals surface area contributed by atoms with Crippen LogP contribution in [0.4, 0.5) is 13.2 Å². The summed E-state index contributed by atoms with van der Waals surface area (Å²) in [5.41, 5.74) is 8.65. The maximum absolute atomic E-state index is 13.3. The second-order valence-corrected chi connectivity index (χ2v) is 9.62. The Morgan fingerprint density at radius 2 is 1.57 bits per heavy atom. The number of halogens is 3. The first-order valence-electron chi connectivity index (χ1n) is 13.9. The van der Waals surface area contributed by atoms with E-state index in [0.29, 0.717) is 35.7 Å². The number of aliphatic hydroxyl groups excluding tert-OH is 1. The molecule has 0 heterocycles. The van der Waals surface area contributed by atoms with Crippen molar-refractivity contribution in [2.24, 2.45) is 10.7 Å². The van der Waals surface area contributed by atoms with Gasteiger partial charge >= 0.3 is 12.1 Å². The molecular weight excluding hydrogens is 611 g/mol. The lowest BCUT2D eigenvalue weighted by Gasteiger charge is -2.14. The monoisotopic (exact) mass is 647 g/mol. The summed E-state index contributed by atoms with van der Waals surface area (Å²) in [5.74, 6) is -1.62. The molecule has 0 saturated heterocycles. The summed E-state index contributed by atoms with van der Waals surface area (Å²) in [5, 5.41) is 18.7. The number of guanidine groups is 1. The van der Waals surface area contributed by atoms with Gasteiger partial charge in [0.25, 0.3) is 0 Å². The van der Waals surface area contributed by atoms with Crippen molar-refractivity contribution in [3.8, 4) is 17.2 Å². The highest BCUT2D eigenvalue weighted by atomic mass is 19.4. The van der Waals surface area contributed by atoms with Gasteiger partial charge in [0.05, 0.1) is 27.2 Å². The predicted molar refractivity (Wildman–Crippen MR) is 163 cm³/mol. The van der Waals surface area contributed by atoms with Crippen LogP contribution in [-0.2, 0) is 33.6 Å². The molecule has 3 aromatic rings. The fraction of sp³-hybridized carbons (Fsp3) is 0.312. The Kier molecular flexibility index (Phi) is 15.0. The third kappa shape index (κ3) is 13.3. The summed E-state index contributed by atoms with van der Waals surface area (Å²) in [7, 11) is 3.07. The number of amides is 1. The number of nitrogens with two attached hydrogens (primary N) is 1. The van der Waals surface area contributed by atoms with Crippen LogP contribution in [0.5, 0.6) is 17.2 Å². The van der Waals surface area contributed by atoms with E-state index in [4.69, 9.17) is 35.0 Å². The Balaban J connectivity index is 0.000000942. The number of benzene rings is 3. The zero-order chi connectivity index (χ0) is 34.1. The van der Waals surface area contributed by atoms with Crippen LogP contribution < -0.4 is 25.3 Å². The second-order valence-electron chi connectivity index (χ2n) is 9.62. The normalized spacial score (nSPS) is 11.8. The molecule has 3 rings (SSSR count). The molecule has 0 aliphatic carbocycles. The molecule has 5 N–H and O–H groups in total. The fourth-order valence-corrected chi connectivity index (χ4v) is 4.02. The molecule has 0 unspecified atom stereocenters. The van der Waals surface area contributed by atoms with Gasteiger partial charge in [0.1, 0.15) is 18.4 Å². The van der Waals surface area contributed by atoms with E-state index < -0.39 is 18.2 Å². The van der Waals surface area contributed by atoms with Gasteiger partial charge in [-0.3, -0.25) is 14.9 Å². The number of hydrogen-bond acceptors (Lipinski definition) is 8. The number of carboxylic acid groups (broad SMARTS) is 1. The van der Waals surface area contributed by atoms with Crippen molar-refractivity contribution in [1.82, 2.24) is 5.32 Å². The van der Waals surface area contributed by atoms with Crippen LogP contribution in [0, 0.1) is 0 Å². The van der Waals surface area contributed by atoms with E-state index in [9.17, 15) is 22.8 Å². The number of methoxy groups -OCH3 is 2. The van der Waals surface area contributed by atoms with Gasteiger partial charge in [-0.05, 0) is 47.4 Å². The van der Waals surface area contributed by atoms with Crippen LogP contribution >= 0.6 is 0 Å². The number of rotatable bonds is 14. The van der Waals surface area contributed by atoms with Crippen LogP contribution in [0.3, 0.4) is 0 Å². The maximum Gasteiger partial charge on any atom is 0.490 e. The summed E-state index contributed by atoms with van der Waals surface area (Å²) >= 11 is 0. The molecule has 14 heteroatoms.